The van der Waals surface area contributed by atoms with Crippen molar-refractivity contribution < 1.29 is 9.59 Å². The molecule has 90 valence electrons. The van der Waals surface area contributed by atoms with Crippen LogP contribution in [0, 0.1) is 0 Å². The van der Waals surface area contributed by atoms with Crippen LogP contribution in [-0.4, -0.2) is 23.2 Å². The van der Waals surface area contributed by atoms with Crippen LogP contribution in [0.25, 0.3) is 10.8 Å². The summed E-state index contributed by atoms with van der Waals surface area (Å²) in [6.07, 6.45) is 1.64. The molecule has 0 saturated carbocycles. The standard InChI is InChI=1S/C13H9BrN2O2/c14-11-6-15-13(10-4-2-1-3-9(10)11)16-7-8(17)5-12(16)18/h1-4,6H,5,7H2. The normalized spacial score (nSPS) is 15.7. The Hall–Kier alpha value is -1.75. The van der Waals surface area contributed by atoms with Gasteiger partial charge >= 0.3 is 0 Å². The minimum Gasteiger partial charge on any atom is -0.297 e. The van der Waals surface area contributed by atoms with E-state index < -0.39 is 0 Å². The monoisotopic (exact) mass is 304 g/mol. The van der Waals surface area contributed by atoms with Crippen molar-refractivity contribution in [3.05, 3.63) is 34.9 Å². The van der Waals surface area contributed by atoms with E-state index in [0.29, 0.717) is 5.82 Å². The predicted octanol–water partition coefficient (Wildman–Crippen LogP) is 2.30. The van der Waals surface area contributed by atoms with Crippen molar-refractivity contribution in [2.75, 3.05) is 11.4 Å². The molecule has 1 aromatic carbocycles. The van der Waals surface area contributed by atoms with E-state index in [1.165, 1.54) is 4.90 Å². The van der Waals surface area contributed by atoms with Crippen molar-refractivity contribution in [3.63, 3.8) is 0 Å². The van der Waals surface area contributed by atoms with Crippen molar-refractivity contribution in [2.45, 2.75) is 6.42 Å². The van der Waals surface area contributed by atoms with Gasteiger partial charge in [0, 0.05) is 21.4 Å². The number of carbonyl (C=O) groups excluding carboxylic acids is 2. The minimum absolute atomic E-state index is 0.0218. The molecule has 1 aromatic heterocycles. The zero-order valence-corrected chi connectivity index (χ0v) is 11.0. The highest BCUT2D eigenvalue weighted by molar-refractivity contribution is 9.10. The first-order valence-electron chi connectivity index (χ1n) is 5.52. The van der Waals surface area contributed by atoms with Gasteiger partial charge in [-0.3, -0.25) is 14.5 Å². The molecule has 0 radical (unpaired) electrons. The predicted molar refractivity (Wildman–Crippen MR) is 71.4 cm³/mol. The first-order valence-corrected chi connectivity index (χ1v) is 6.31. The summed E-state index contributed by atoms with van der Waals surface area (Å²) in [5, 5.41) is 1.85. The average molecular weight is 305 g/mol. The summed E-state index contributed by atoms with van der Waals surface area (Å²) < 4.78 is 0.875. The minimum atomic E-state index is -0.181. The number of halogens is 1. The lowest BCUT2D eigenvalue weighted by Gasteiger charge is -2.16. The van der Waals surface area contributed by atoms with Crippen molar-refractivity contribution >= 4 is 44.2 Å². The molecule has 0 aliphatic carbocycles. The molecule has 0 bridgehead atoms. The summed E-state index contributed by atoms with van der Waals surface area (Å²) in [5.41, 5.74) is 0. The number of hydrogen-bond donors (Lipinski definition) is 0. The van der Waals surface area contributed by atoms with Crippen molar-refractivity contribution in [1.29, 1.82) is 0 Å². The Balaban J connectivity index is 2.21. The number of pyridine rings is 1. The third-order valence-electron chi connectivity index (χ3n) is 2.97. The number of Topliss-reactive ketones (excluding diaryl/α,β-unsaturated/α-hetero) is 1. The number of nitrogens with zero attached hydrogens (tertiary/aromatic N) is 2. The van der Waals surface area contributed by atoms with E-state index in [9.17, 15) is 9.59 Å². The number of hydrogen-bond acceptors (Lipinski definition) is 3. The molecule has 0 N–H and O–H groups in total. The maximum Gasteiger partial charge on any atom is 0.236 e. The summed E-state index contributed by atoms with van der Waals surface area (Å²) in [6, 6.07) is 7.67. The van der Waals surface area contributed by atoms with E-state index >= 15 is 0 Å². The fourth-order valence-electron chi connectivity index (χ4n) is 2.14. The van der Waals surface area contributed by atoms with Crippen LogP contribution in [0.15, 0.2) is 34.9 Å². The van der Waals surface area contributed by atoms with Gasteiger partial charge in [0.2, 0.25) is 5.91 Å². The highest BCUT2D eigenvalue weighted by atomic mass is 79.9. The van der Waals surface area contributed by atoms with Gasteiger partial charge in [-0.15, -0.1) is 0 Å². The van der Waals surface area contributed by atoms with Crippen LogP contribution in [0.2, 0.25) is 0 Å². The summed E-state index contributed by atoms with van der Waals surface area (Å²) in [6.45, 7) is 0.122. The van der Waals surface area contributed by atoms with Gasteiger partial charge in [0.25, 0.3) is 0 Å². The lowest BCUT2D eigenvalue weighted by atomic mass is 10.1. The molecule has 1 amide bonds. The lowest BCUT2D eigenvalue weighted by molar-refractivity contribution is -0.121. The Morgan fingerprint density at radius 2 is 1.89 bits per heavy atom. The second kappa shape index (κ2) is 4.17. The molecule has 5 heteroatoms. The Morgan fingerprint density at radius 1 is 1.17 bits per heavy atom. The third-order valence-corrected chi connectivity index (χ3v) is 3.60. The molecule has 18 heavy (non-hydrogen) atoms. The molecule has 1 aliphatic rings. The van der Waals surface area contributed by atoms with Crippen LogP contribution in [0.1, 0.15) is 6.42 Å². The molecule has 4 nitrogen and oxygen atoms in total. The van der Waals surface area contributed by atoms with E-state index in [4.69, 9.17) is 0 Å². The molecule has 1 aliphatic heterocycles. The fraction of sp³-hybridized carbons (Fsp3) is 0.154. The SMILES string of the molecule is O=C1CC(=O)N(c2ncc(Br)c3ccccc23)C1. The number of benzene rings is 1. The number of anilines is 1. The molecule has 2 heterocycles. The molecular formula is C13H9BrN2O2. The number of carbonyl (C=O) groups is 2. The van der Waals surface area contributed by atoms with Crippen LogP contribution >= 0.6 is 15.9 Å². The zero-order chi connectivity index (χ0) is 12.7. The smallest absolute Gasteiger partial charge is 0.236 e. The summed E-state index contributed by atoms with van der Waals surface area (Å²) >= 11 is 3.43. The van der Waals surface area contributed by atoms with Gasteiger partial charge in [-0.25, -0.2) is 4.98 Å². The first kappa shape index (κ1) is 11.3. The van der Waals surface area contributed by atoms with E-state index in [1.54, 1.807) is 6.20 Å². The van der Waals surface area contributed by atoms with Gasteiger partial charge in [0.05, 0.1) is 13.0 Å². The van der Waals surface area contributed by atoms with E-state index in [1.807, 2.05) is 24.3 Å². The Bertz CT molecular complexity index is 669. The molecule has 0 unspecified atom stereocenters. The highest BCUT2D eigenvalue weighted by Gasteiger charge is 2.30. The largest absolute Gasteiger partial charge is 0.297 e. The van der Waals surface area contributed by atoms with Gasteiger partial charge in [0.15, 0.2) is 5.78 Å². The van der Waals surface area contributed by atoms with Crippen LogP contribution in [-0.2, 0) is 9.59 Å². The Morgan fingerprint density at radius 3 is 2.56 bits per heavy atom. The molecule has 0 spiro atoms. The van der Waals surface area contributed by atoms with E-state index in [2.05, 4.69) is 20.9 Å². The number of amides is 1. The number of rotatable bonds is 1. The fourth-order valence-corrected chi connectivity index (χ4v) is 2.58. The molecule has 3 rings (SSSR count). The Labute approximate surface area is 112 Å². The van der Waals surface area contributed by atoms with E-state index in [0.717, 1.165) is 15.2 Å². The van der Waals surface area contributed by atoms with Gasteiger partial charge in [-0.1, -0.05) is 24.3 Å². The van der Waals surface area contributed by atoms with Crippen LogP contribution in [0.4, 0.5) is 5.82 Å². The first-order chi connectivity index (χ1) is 8.66. The molecule has 1 saturated heterocycles. The van der Waals surface area contributed by atoms with E-state index in [-0.39, 0.29) is 24.7 Å². The number of aromatic nitrogens is 1. The van der Waals surface area contributed by atoms with Crippen LogP contribution in [0.5, 0.6) is 0 Å². The highest BCUT2D eigenvalue weighted by Crippen LogP contribution is 2.31. The zero-order valence-electron chi connectivity index (χ0n) is 9.39. The maximum atomic E-state index is 11.8. The topological polar surface area (TPSA) is 50.3 Å². The molecule has 2 aromatic rings. The van der Waals surface area contributed by atoms with Crippen molar-refractivity contribution in [2.24, 2.45) is 0 Å². The Kier molecular flexibility index (Phi) is 2.63. The second-order valence-electron chi connectivity index (χ2n) is 4.17. The molecule has 1 fully saturated rings. The van der Waals surface area contributed by atoms with Gasteiger partial charge < -0.3 is 0 Å². The number of fused-ring (bicyclic) bond motifs is 1. The summed E-state index contributed by atoms with van der Waals surface area (Å²) in [4.78, 5) is 28.8. The lowest BCUT2D eigenvalue weighted by Crippen LogP contribution is -2.25. The quantitative estimate of drug-likeness (QED) is 0.760. The maximum absolute atomic E-state index is 11.8. The van der Waals surface area contributed by atoms with Crippen molar-refractivity contribution in [3.8, 4) is 0 Å². The van der Waals surface area contributed by atoms with Crippen molar-refractivity contribution in [1.82, 2.24) is 4.98 Å². The number of ketones is 1. The van der Waals surface area contributed by atoms with Gasteiger partial charge in [0.1, 0.15) is 5.82 Å². The average Bonchev–Trinajstić information content (AvgIpc) is 2.69. The molecule has 0 atom stereocenters. The van der Waals surface area contributed by atoms with Crippen LogP contribution in [0.3, 0.4) is 0 Å². The van der Waals surface area contributed by atoms with Gasteiger partial charge in [-0.2, -0.15) is 0 Å². The van der Waals surface area contributed by atoms with Crippen LogP contribution < -0.4 is 4.90 Å². The third kappa shape index (κ3) is 1.71. The van der Waals surface area contributed by atoms with Gasteiger partial charge in [-0.05, 0) is 15.9 Å². The summed E-state index contributed by atoms with van der Waals surface area (Å²) in [7, 11) is 0. The second-order valence-corrected chi connectivity index (χ2v) is 5.02. The summed E-state index contributed by atoms with van der Waals surface area (Å²) in [5.74, 6) is 0.318. The molecular weight excluding hydrogens is 296 g/mol.